The lowest BCUT2D eigenvalue weighted by molar-refractivity contribution is 0.0846. The van der Waals surface area contributed by atoms with Gasteiger partial charge in [0.1, 0.15) is 6.61 Å². The second-order valence-electron chi connectivity index (χ2n) is 3.93. The first-order valence-corrected chi connectivity index (χ1v) is 5.68. The van der Waals surface area contributed by atoms with Gasteiger partial charge < -0.3 is 14.6 Å². The zero-order chi connectivity index (χ0) is 12.4. The third-order valence-corrected chi connectivity index (χ3v) is 2.69. The van der Waals surface area contributed by atoms with Crippen LogP contribution in [0.2, 0.25) is 0 Å². The normalized spacial score (nSPS) is 17.5. The van der Waals surface area contributed by atoms with Crippen molar-refractivity contribution in [1.82, 2.24) is 9.97 Å². The van der Waals surface area contributed by atoms with Gasteiger partial charge in [0.15, 0.2) is 23.4 Å². The van der Waals surface area contributed by atoms with Crippen molar-refractivity contribution in [3.8, 4) is 11.5 Å². The van der Waals surface area contributed by atoms with Crippen molar-refractivity contribution >= 4 is 0 Å². The third kappa shape index (κ3) is 2.00. The number of hydrogen-bond acceptors (Lipinski definition) is 5. The van der Waals surface area contributed by atoms with Gasteiger partial charge in [0, 0.05) is 6.20 Å². The van der Waals surface area contributed by atoms with Gasteiger partial charge in [-0.05, 0) is 18.2 Å². The van der Waals surface area contributed by atoms with Crippen LogP contribution in [0.4, 0.5) is 0 Å². The van der Waals surface area contributed by atoms with E-state index >= 15 is 0 Å². The molecule has 2 heterocycles. The summed E-state index contributed by atoms with van der Waals surface area (Å²) in [6.07, 6.45) is 1.27. The Morgan fingerprint density at radius 3 is 2.89 bits per heavy atom. The van der Waals surface area contributed by atoms with Crippen LogP contribution in [0, 0.1) is 0 Å². The summed E-state index contributed by atoms with van der Waals surface area (Å²) in [4.78, 5) is 8.38. The number of nitrogens with zero attached hydrogens (tertiary/aromatic N) is 2. The van der Waals surface area contributed by atoms with Gasteiger partial charge in [-0.1, -0.05) is 12.1 Å². The van der Waals surface area contributed by atoms with E-state index in [-0.39, 0.29) is 12.7 Å². The Hall–Kier alpha value is -2.14. The summed E-state index contributed by atoms with van der Waals surface area (Å²) in [5, 5.41) is 9.06. The summed E-state index contributed by atoms with van der Waals surface area (Å²) in [5.74, 6) is 1.94. The quantitative estimate of drug-likeness (QED) is 0.866. The zero-order valence-corrected chi connectivity index (χ0v) is 9.61. The van der Waals surface area contributed by atoms with Gasteiger partial charge >= 0.3 is 0 Å². The van der Waals surface area contributed by atoms with Gasteiger partial charge in [-0.25, -0.2) is 9.97 Å². The fraction of sp³-hybridized carbons (Fsp3) is 0.231. The molecule has 5 nitrogen and oxygen atoms in total. The largest absolute Gasteiger partial charge is 0.485 e. The van der Waals surface area contributed by atoms with Crippen molar-refractivity contribution in [1.29, 1.82) is 0 Å². The molecule has 5 heteroatoms. The summed E-state index contributed by atoms with van der Waals surface area (Å²) < 4.78 is 11.4. The number of para-hydroxylation sites is 2. The highest BCUT2D eigenvalue weighted by Crippen LogP contribution is 2.34. The van der Waals surface area contributed by atoms with Crippen LogP contribution in [-0.4, -0.2) is 21.7 Å². The second kappa shape index (κ2) is 4.62. The molecule has 0 bridgehead atoms. The van der Waals surface area contributed by atoms with E-state index in [0.29, 0.717) is 23.9 Å². The van der Waals surface area contributed by atoms with Crippen LogP contribution in [-0.2, 0) is 6.61 Å². The standard InChI is InChI=1S/C13H12N2O3/c16-7-9-5-6-14-13(15-9)12-8-17-10-3-1-2-4-11(10)18-12/h1-6,12,16H,7-8H2. The van der Waals surface area contributed by atoms with Crippen molar-refractivity contribution < 1.29 is 14.6 Å². The van der Waals surface area contributed by atoms with Crippen LogP contribution in [0.1, 0.15) is 17.6 Å². The smallest absolute Gasteiger partial charge is 0.192 e. The fourth-order valence-electron chi connectivity index (χ4n) is 1.80. The lowest BCUT2D eigenvalue weighted by Crippen LogP contribution is -2.23. The number of benzene rings is 1. The van der Waals surface area contributed by atoms with Crippen molar-refractivity contribution in [2.24, 2.45) is 0 Å². The number of hydrogen-bond donors (Lipinski definition) is 1. The summed E-state index contributed by atoms with van der Waals surface area (Å²) in [6, 6.07) is 9.15. The number of fused-ring (bicyclic) bond motifs is 1. The van der Waals surface area contributed by atoms with Crippen LogP contribution in [0.15, 0.2) is 36.5 Å². The molecule has 18 heavy (non-hydrogen) atoms. The number of rotatable bonds is 2. The van der Waals surface area contributed by atoms with E-state index in [1.807, 2.05) is 24.3 Å². The molecule has 1 unspecified atom stereocenters. The molecule has 92 valence electrons. The van der Waals surface area contributed by atoms with E-state index in [1.54, 1.807) is 12.3 Å². The van der Waals surface area contributed by atoms with Gasteiger partial charge in [-0.15, -0.1) is 0 Å². The maximum absolute atomic E-state index is 9.06. The van der Waals surface area contributed by atoms with Crippen molar-refractivity contribution in [2.75, 3.05) is 6.61 Å². The minimum Gasteiger partial charge on any atom is -0.485 e. The summed E-state index contributed by atoms with van der Waals surface area (Å²) in [6.45, 7) is 0.256. The summed E-state index contributed by atoms with van der Waals surface area (Å²) in [5.41, 5.74) is 0.572. The Labute approximate surface area is 104 Å². The van der Waals surface area contributed by atoms with Crippen LogP contribution in [0.25, 0.3) is 0 Å². The van der Waals surface area contributed by atoms with Gasteiger partial charge in [-0.3, -0.25) is 0 Å². The molecule has 0 saturated heterocycles. The molecule has 0 radical (unpaired) electrons. The minimum absolute atomic E-state index is 0.111. The molecule has 0 amide bonds. The first-order chi connectivity index (χ1) is 8.86. The van der Waals surface area contributed by atoms with E-state index in [1.165, 1.54) is 0 Å². The van der Waals surface area contributed by atoms with Gasteiger partial charge in [0.2, 0.25) is 0 Å². The predicted molar refractivity (Wildman–Crippen MR) is 63.3 cm³/mol. The molecule has 0 aliphatic carbocycles. The molecular formula is C13H12N2O3. The van der Waals surface area contributed by atoms with Crippen molar-refractivity contribution in [3.63, 3.8) is 0 Å². The molecule has 1 aromatic heterocycles. The maximum Gasteiger partial charge on any atom is 0.192 e. The number of aromatic nitrogens is 2. The predicted octanol–water partition coefficient (Wildman–Crippen LogP) is 1.48. The summed E-state index contributed by atoms with van der Waals surface area (Å²) >= 11 is 0. The Morgan fingerprint density at radius 1 is 1.22 bits per heavy atom. The third-order valence-electron chi connectivity index (χ3n) is 2.69. The maximum atomic E-state index is 9.06. The first kappa shape index (κ1) is 11.0. The van der Waals surface area contributed by atoms with Crippen LogP contribution < -0.4 is 9.47 Å². The minimum atomic E-state index is -0.341. The lowest BCUT2D eigenvalue weighted by Gasteiger charge is -2.25. The Balaban J connectivity index is 1.87. The van der Waals surface area contributed by atoms with Crippen molar-refractivity contribution in [3.05, 3.63) is 48.0 Å². The van der Waals surface area contributed by atoms with Crippen LogP contribution >= 0.6 is 0 Å². The van der Waals surface area contributed by atoms with E-state index in [0.717, 1.165) is 5.75 Å². The van der Waals surface area contributed by atoms with E-state index in [9.17, 15) is 0 Å². The lowest BCUT2D eigenvalue weighted by atomic mass is 10.2. The molecule has 1 N–H and O–H groups in total. The second-order valence-corrected chi connectivity index (χ2v) is 3.93. The molecule has 2 aromatic rings. The zero-order valence-electron chi connectivity index (χ0n) is 9.61. The number of aliphatic hydroxyl groups excluding tert-OH is 1. The Bertz CT molecular complexity index is 559. The molecule has 0 fully saturated rings. The van der Waals surface area contributed by atoms with E-state index < -0.39 is 0 Å². The van der Waals surface area contributed by atoms with E-state index in [2.05, 4.69) is 9.97 Å². The molecule has 3 rings (SSSR count). The van der Waals surface area contributed by atoms with Gasteiger partial charge in [0.05, 0.1) is 12.3 Å². The average molecular weight is 244 g/mol. The topological polar surface area (TPSA) is 64.5 Å². The first-order valence-electron chi connectivity index (χ1n) is 5.68. The van der Waals surface area contributed by atoms with Crippen LogP contribution in [0.5, 0.6) is 11.5 Å². The van der Waals surface area contributed by atoms with E-state index in [4.69, 9.17) is 14.6 Å². The highest BCUT2D eigenvalue weighted by molar-refractivity contribution is 5.40. The van der Waals surface area contributed by atoms with Crippen molar-refractivity contribution in [2.45, 2.75) is 12.7 Å². The van der Waals surface area contributed by atoms with Gasteiger partial charge in [0.25, 0.3) is 0 Å². The monoisotopic (exact) mass is 244 g/mol. The molecule has 0 spiro atoms. The Morgan fingerprint density at radius 2 is 2.06 bits per heavy atom. The summed E-state index contributed by atoms with van der Waals surface area (Å²) in [7, 11) is 0. The average Bonchev–Trinajstić information content (AvgIpc) is 2.47. The highest BCUT2D eigenvalue weighted by atomic mass is 16.6. The number of aliphatic hydroxyl groups is 1. The molecule has 1 aliphatic rings. The molecule has 1 aliphatic heterocycles. The number of ether oxygens (including phenoxy) is 2. The molecule has 1 atom stereocenters. The molecular weight excluding hydrogens is 232 g/mol. The SMILES string of the molecule is OCc1ccnc(C2COc3ccccc3O2)n1. The van der Waals surface area contributed by atoms with Crippen LogP contribution in [0.3, 0.4) is 0 Å². The molecule has 0 saturated carbocycles. The molecule has 1 aromatic carbocycles. The highest BCUT2D eigenvalue weighted by Gasteiger charge is 2.24. The fourth-order valence-corrected chi connectivity index (χ4v) is 1.80. The Kier molecular flexibility index (Phi) is 2.82. The van der Waals surface area contributed by atoms with Gasteiger partial charge in [-0.2, -0.15) is 0 Å².